The number of nitrogens with one attached hydrogen (secondary N) is 1. The zero-order valence-corrected chi connectivity index (χ0v) is 13.0. The molecule has 1 fully saturated rings. The van der Waals surface area contributed by atoms with E-state index in [1.807, 2.05) is 0 Å². The van der Waals surface area contributed by atoms with Crippen LogP contribution < -0.4 is 10.1 Å². The average molecular weight is 352 g/mol. The van der Waals surface area contributed by atoms with Gasteiger partial charge in [0.1, 0.15) is 6.10 Å². The third-order valence-electron chi connectivity index (χ3n) is 3.73. The minimum atomic E-state index is -4.40. The summed E-state index contributed by atoms with van der Waals surface area (Å²) in [6, 6.07) is 7.31. The first-order chi connectivity index (χ1) is 11.9. The van der Waals surface area contributed by atoms with Crippen LogP contribution in [-0.4, -0.2) is 40.3 Å². The second kappa shape index (κ2) is 6.96. The van der Waals surface area contributed by atoms with Crippen molar-refractivity contribution < 1.29 is 22.7 Å². The lowest BCUT2D eigenvalue weighted by molar-refractivity contribution is -0.137. The highest BCUT2D eigenvalue weighted by atomic mass is 19.4. The Morgan fingerprint density at radius 3 is 2.64 bits per heavy atom. The maximum absolute atomic E-state index is 12.5. The van der Waals surface area contributed by atoms with Crippen LogP contribution in [-0.2, 0) is 6.18 Å². The third-order valence-corrected chi connectivity index (χ3v) is 3.73. The zero-order chi connectivity index (χ0) is 17.9. The van der Waals surface area contributed by atoms with Crippen molar-refractivity contribution in [1.29, 1.82) is 0 Å². The molecular formula is C16H15F3N4O2. The fourth-order valence-electron chi connectivity index (χ4n) is 2.47. The number of benzene rings is 1. The lowest BCUT2D eigenvalue weighted by Gasteiger charge is -2.18. The highest BCUT2D eigenvalue weighted by Gasteiger charge is 2.30. The first-order valence-corrected chi connectivity index (χ1v) is 7.59. The fourth-order valence-corrected chi connectivity index (χ4v) is 2.47. The topological polar surface area (TPSA) is 67.4 Å². The summed E-state index contributed by atoms with van der Waals surface area (Å²) in [6.45, 7) is 0.848. The number of amides is 2. The van der Waals surface area contributed by atoms with E-state index in [0.29, 0.717) is 31.1 Å². The number of hydrogen-bond donors (Lipinski definition) is 1. The molecule has 1 aromatic carbocycles. The Kier molecular flexibility index (Phi) is 4.73. The van der Waals surface area contributed by atoms with Crippen molar-refractivity contribution >= 4 is 11.7 Å². The summed E-state index contributed by atoms with van der Waals surface area (Å²) < 4.78 is 43.2. The van der Waals surface area contributed by atoms with Crippen LogP contribution in [0.15, 0.2) is 42.6 Å². The summed E-state index contributed by atoms with van der Waals surface area (Å²) in [4.78, 5) is 13.7. The molecule has 0 aliphatic carbocycles. The van der Waals surface area contributed by atoms with Gasteiger partial charge in [-0.2, -0.15) is 18.3 Å². The van der Waals surface area contributed by atoms with Crippen molar-refractivity contribution in [2.24, 2.45) is 0 Å². The predicted molar refractivity (Wildman–Crippen MR) is 83.1 cm³/mol. The SMILES string of the molecule is O=C(Nc1ccc(C(F)(F)F)cc1)N1CCC(Oc2cccnn2)C1. The predicted octanol–water partition coefficient (Wildman–Crippen LogP) is 3.18. The van der Waals surface area contributed by atoms with Gasteiger partial charge >= 0.3 is 12.2 Å². The van der Waals surface area contributed by atoms with Crippen molar-refractivity contribution in [3.05, 3.63) is 48.2 Å². The minimum Gasteiger partial charge on any atom is -0.471 e. The first-order valence-electron chi connectivity index (χ1n) is 7.59. The normalized spacial score (nSPS) is 17.4. The van der Waals surface area contributed by atoms with E-state index in [2.05, 4.69) is 15.5 Å². The molecule has 9 heteroatoms. The summed E-state index contributed by atoms with van der Waals surface area (Å²) in [6.07, 6.45) is -2.43. The van der Waals surface area contributed by atoms with E-state index < -0.39 is 11.7 Å². The Hall–Kier alpha value is -2.84. The molecular weight excluding hydrogens is 337 g/mol. The van der Waals surface area contributed by atoms with Gasteiger partial charge in [-0.3, -0.25) is 0 Å². The molecule has 1 aliphatic heterocycles. The Labute approximate surface area is 141 Å². The van der Waals surface area contributed by atoms with Crippen LogP contribution in [0.2, 0.25) is 0 Å². The van der Waals surface area contributed by atoms with Crippen LogP contribution in [0.3, 0.4) is 0 Å². The van der Waals surface area contributed by atoms with E-state index in [-0.39, 0.29) is 12.1 Å². The Bertz CT molecular complexity index is 722. The van der Waals surface area contributed by atoms with Crippen molar-refractivity contribution in [2.45, 2.75) is 18.7 Å². The van der Waals surface area contributed by atoms with Crippen LogP contribution in [0.1, 0.15) is 12.0 Å². The molecule has 1 unspecified atom stereocenters. The number of rotatable bonds is 3. The number of alkyl halides is 3. The molecule has 0 saturated carbocycles. The zero-order valence-electron chi connectivity index (χ0n) is 13.0. The number of likely N-dealkylation sites (tertiary alicyclic amines) is 1. The number of carbonyl (C=O) groups is 1. The van der Waals surface area contributed by atoms with Gasteiger partial charge in [0.05, 0.1) is 12.1 Å². The van der Waals surface area contributed by atoms with Crippen LogP contribution in [0.25, 0.3) is 0 Å². The van der Waals surface area contributed by atoms with Gasteiger partial charge in [-0.15, -0.1) is 5.10 Å². The van der Waals surface area contributed by atoms with Crippen LogP contribution >= 0.6 is 0 Å². The number of hydrogen-bond acceptors (Lipinski definition) is 4. The number of aromatic nitrogens is 2. The third kappa shape index (κ3) is 4.37. The Balaban J connectivity index is 1.54. The molecule has 2 heterocycles. The number of halogens is 3. The Morgan fingerprint density at radius 1 is 1.24 bits per heavy atom. The smallest absolute Gasteiger partial charge is 0.416 e. The summed E-state index contributed by atoms with van der Waals surface area (Å²) in [5.74, 6) is 0.387. The van der Waals surface area contributed by atoms with Crippen molar-refractivity contribution in [3.8, 4) is 5.88 Å². The second-order valence-electron chi connectivity index (χ2n) is 5.54. The quantitative estimate of drug-likeness (QED) is 0.921. The van der Waals surface area contributed by atoms with Crippen LogP contribution in [0, 0.1) is 0 Å². The molecule has 1 aliphatic rings. The summed E-state index contributed by atoms with van der Waals surface area (Å²) in [5.41, 5.74) is -0.458. The lowest BCUT2D eigenvalue weighted by Crippen LogP contribution is -2.34. The Morgan fingerprint density at radius 2 is 2.00 bits per heavy atom. The molecule has 0 spiro atoms. The number of anilines is 1. The average Bonchev–Trinajstić information content (AvgIpc) is 3.04. The van der Waals surface area contributed by atoms with E-state index >= 15 is 0 Å². The van der Waals surface area contributed by atoms with Gasteiger partial charge in [0.25, 0.3) is 0 Å². The number of carbonyl (C=O) groups excluding carboxylic acids is 1. The molecule has 0 radical (unpaired) electrons. The van der Waals surface area contributed by atoms with Gasteiger partial charge < -0.3 is 15.0 Å². The van der Waals surface area contributed by atoms with Crippen LogP contribution in [0.5, 0.6) is 5.88 Å². The van der Waals surface area contributed by atoms with E-state index in [0.717, 1.165) is 12.1 Å². The lowest BCUT2D eigenvalue weighted by atomic mass is 10.2. The van der Waals surface area contributed by atoms with Gasteiger partial charge in [0, 0.05) is 30.9 Å². The molecule has 1 saturated heterocycles. The highest BCUT2D eigenvalue weighted by Crippen LogP contribution is 2.30. The molecule has 2 amide bonds. The molecule has 1 aromatic heterocycles. The number of ether oxygens (including phenoxy) is 1. The summed E-state index contributed by atoms with van der Waals surface area (Å²) in [7, 11) is 0. The largest absolute Gasteiger partial charge is 0.471 e. The van der Waals surface area contributed by atoms with Crippen molar-refractivity contribution in [2.75, 3.05) is 18.4 Å². The molecule has 132 valence electrons. The van der Waals surface area contributed by atoms with Gasteiger partial charge in [-0.05, 0) is 30.3 Å². The summed E-state index contributed by atoms with van der Waals surface area (Å²) >= 11 is 0. The van der Waals surface area contributed by atoms with Gasteiger partial charge in [0.2, 0.25) is 5.88 Å². The van der Waals surface area contributed by atoms with Crippen molar-refractivity contribution in [1.82, 2.24) is 15.1 Å². The first kappa shape index (κ1) is 17.0. The summed E-state index contributed by atoms with van der Waals surface area (Å²) in [5, 5.41) is 10.1. The molecule has 1 atom stereocenters. The van der Waals surface area contributed by atoms with Gasteiger partial charge in [-0.25, -0.2) is 4.79 Å². The fraction of sp³-hybridized carbons (Fsp3) is 0.312. The van der Waals surface area contributed by atoms with Crippen molar-refractivity contribution in [3.63, 3.8) is 0 Å². The molecule has 25 heavy (non-hydrogen) atoms. The molecule has 2 aromatic rings. The maximum Gasteiger partial charge on any atom is 0.416 e. The molecule has 1 N–H and O–H groups in total. The number of nitrogens with zero attached hydrogens (tertiary/aromatic N) is 3. The van der Waals surface area contributed by atoms with E-state index in [4.69, 9.17) is 4.74 Å². The minimum absolute atomic E-state index is 0.199. The highest BCUT2D eigenvalue weighted by molar-refractivity contribution is 5.89. The second-order valence-corrected chi connectivity index (χ2v) is 5.54. The molecule has 6 nitrogen and oxygen atoms in total. The van der Waals surface area contributed by atoms with E-state index in [1.165, 1.54) is 18.3 Å². The van der Waals surface area contributed by atoms with Gasteiger partial charge in [0.15, 0.2) is 0 Å². The van der Waals surface area contributed by atoms with Gasteiger partial charge in [-0.1, -0.05) is 0 Å². The number of urea groups is 1. The monoisotopic (exact) mass is 352 g/mol. The van der Waals surface area contributed by atoms with E-state index in [1.54, 1.807) is 17.0 Å². The van der Waals surface area contributed by atoms with E-state index in [9.17, 15) is 18.0 Å². The maximum atomic E-state index is 12.5. The van der Waals surface area contributed by atoms with Crippen LogP contribution in [0.4, 0.5) is 23.7 Å². The molecule has 0 bridgehead atoms. The standard InChI is InChI=1S/C16H15F3N4O2/c17-16(18,19)11-3-5-12(6-4-11)21-15(24)23-9-7-13(10-23)25-14-2-1-8-20-22-14/h1-6,8,13H,7,9-10H2,(H,21,24). The molecule has 3 rings (SSSR count).